The summed E-state index contributed by atoms with van der Waals surface area (Å²) in [5.41, 5.74) is 0.735. The summed E-state index contributed by atoms with van der Waals surface area (Å²) in [5, 5.41) is 0. The Hall–Kier alpha value is -1.01. The maximum absolute atomic E-state index is 13.1. The van der Waals surface area contributed by atoms with E-state index >= 15 is 0 Å². The SMILES string of the molecule is CCCCCC(=O)N1CCC2(CC1)SCCN2C(=O)c1cccc(Br)c1. The predicted molar refractivity (Wildman–Crippen MR) is 110 cm³/mol. The lowest BCUT2D eigenvalue weighted by molar-refractivity contribution is -0.132. The van der Waals surface area contributed by atoms with Crippen LogP contribution in [0.4, 0.5) is 0 Å². The standard InChI is InChI=1S/C20H27BrN2O2S/c1-2-3-4-8-18(24)22-11-9-20(10-12-22)23(13-14-26-20)19(25)16-6-5-7-17(21)15-16/h5-7,15H,2-4,8-14H2,1H3. The molecule has 2 heterocycles. The van der Waals surface area contributed by atoms with Crippen LogP contribution >= 0.6 is 27.7 Å². The van der Waals surface area contributed by atoms with Crippen molar-refractivity contribution >= 4 is 39.5 Å². The van der Waals surface area contributed by atoms with E-state index in [9.17, 15) is 9.59 Å². The largest absolute Gasteiger partial charge is 0.342 e. The van der Waals surface area contributed by atoms with Gasteiger partial charge in [0, 0.05) is 41.8 Å². The van der Waals surface area contributed by atoms with Gasteiger partial charge in [0.25, 0.3) is 5.91 Å². The number of hydrogen-bond donors (Lipinski definition) is 0. The molecule has 0 aliphatic carbocycles. The monoisotopic (exact) mass is 438 g/mol. The molecule has 26 heavy (non-hydrogen) atoms. The molecule has 0 saturated carbocycles. The van der Waals surface area contributed by atoms with Crippen molar-refractivity contribution < 1.29 is 9.59 Å². The van der Waals surface area contributed by atoms with Crippen LogP contribution in [0, 0.1) is 0 Å². The number of carbonyl (C=O) groups excluding carboxylic acids is 2. The molecule has 1 aromatic rings. The van der Waals surface area contributed by atoms with Crippen molar-refractivity contribution in [1.29, 1.82) is 0 Å². The molecule has 0 N–H and O–H groups in total. The van der Waals surface area contributed by atoms with Crippen molar-refractivity contribution in [1.82, 2.24) is 9.80 Å². The third-order valence-electron chi connectivity index (χ3n) is 5.39. The van der Waals surface area contributed by atoms with Crippen molar-refractivity contribution in [2.75, 3.05) is 25.4 Å². The number of amides is 2. The number of thioether (sulfide) groups is 1. The van der Waals surface area contributed by atoms with Gasteiger partial charge in [0.1, 0.15) is 0 Å². The van der Waals surface area contributed by atoms with Gasteiger partial charge in [0.2, 0.25) is 5.91 Å². The summed E-state index contributed by atoms with van der Waals surface area (Å²) in [6.07, 6.45) is 5.65. The highest BCUT2D eigenvalue weighted by atomic mass is 79.9. The fourth-order valence-electron chi connectivity index (χ4n) is 3.88. The molecule has 0 atom stereocenters. The molecule has 0 aromatic heterocycles. The first-order chi connectivity index (χ1) is 12.6. The zero-order valence-electron chi connectivity index (χ0n) is 15.4. The molecule has 0 unspecified atom stereocenters. The molecule has 142 valence electrons. The van der Waals surface area contributed by atoms with Crippen LogP contribution in [0.3, 0.4) is 0 Å². The third-order valence-corrected chi connectivity index (χ3v) is 7.43. The van der Waals surface area contributed by atoms with E-state index in [0.717, 1.165) is 67.5 Å². The highest BCUT2D eigenvalue weighted by Gasteiger charge is 2.46. The molecule has 0 bridgehead atoms. The van der Waals surface area contributed by atoms with Gasteiger partial charge in [-0.3, -0.25) is 9.59 Å². The van der Waals surface area contributed by atoms with Gasteiger partial charge in [0.05, 0.1) is 4.87 Å². The smallest absolute Gasteiger partial charge is 0.255 e. The van der Waals surface area contributed by atoms with Gasteiger partial charge in [-0.2, -0.15) is 0 Å². The topological polar surface area (TPSA) is 40.6 Å². The normalized spacial score (nSPS) is 19.2. The molecule has 3 rings (SSSR count). The molecule has 6 heteroatoms. The van der Waals surface area contributed by atoms with E-state index in [2.05, 4.69) is 27.8 Å². The van der Waals surface area contributed by atoms with Crippen molar-refractivity contribution in [3.8, 4) is 0 Å². The van der Waals surface area contributed by atoms with E-state index < -0.39 is 0 Å². The molecule has 2 aliphatic rings. The van der Waals surface area contributed by atoms with Crippen molar-refractivity contribution in [2.24, 2.45) is 0 Å². The van der Waals surface area contributed by atoms with Crippen LogP contribution in [0.25, 0.3) is 0 Å². The second kappa shape index (κ2) is 8.79. The van der Waals surface area contributed by atoms with Gasteiger partial charge in [0.15, 0.2) is 0 Å². The average Bonchev–Trinajstić information content (AvgIpc) is 3.05. The summed E-state index contributed by atoms with van der Waals surface area (Å²) in [6.45, 7) is 4.48. The van der Waals surface area contributed by atoms with Crippen molar-refractivity contribution in [3.63, 3.8) is 0 Å². The minimum atomic E-state index is -0.139. The summed E-state index contributed by atoms with van der Waals surface area (Å²) in [7, 11) is 0. The van der Waals surface area contributed by atoms with Gasteiger partial charge >= 0.3 is 0 Å². The Morgan fingerprint density at radius 1 is 1.19 bits per heavy atom. The maximum Gasteiger partial charge on any atom is 0.255 e. The number of hydrogen-bond acceptors (Lipinski definition) is 3. The van der Waals surface area contributed by atoms with Crippen LogP contribution in [-0.2, 0) is 4.79 Å². The van der Waals surface area contributed by atoms with Crippen LogP contribution < -0.4 is 0 Å². The van der Waals surface area contributed by atoms with E-state index in [0.29, 0.717) is 6.42 Å². The number of carbonyl (C=O) groups is 2. The Kier molecular flexibility index (Phi) is 6.67. The van der Waals surface area contributed by atoms with Crippen LogP contribution in [0.5, 0.6) is 0 Å². The zero-order chi connectivity index (χ0) is 18.6. The summed E-state index contributed by atoms with van der Waals surface area (Å²) < 4.78 is 0.928. The minimum absolute atomic E-state index is 0.110. The maximum atomic E-state index is 13.1. The molecule has 2 fully saturated rings. The fourth-order valence-corrected chi connectivity index (χ4v) is 5.73. The Labute approximate surface area is 168 Å². The summed E-state index contributed by atoms with van der Waals surface area (Å²) in [6, 6.07) is 7.63. The minimum Gasteiger partial charge on any atom is -0.342 e. The number of likely N-dealkylation sites (tertiary alicyclic amines) is 1. The lowest BCUT2D eigenvalue weighted by atomic mass is 10.00. The van der Waals surface area contributed by atoms with Crippen LogP contribution in [-0.4, -0.2) is 51.9 Å². The number of benzene rings is 1. The third kappa shape index (κ3) is 4.28. The molecule has 4 nitrogen and oxygen atoms in total. The van der Waals surface area contributed by atoms with Gasteiger partial charge in [-0.05, 0) is 37.5 Å². The van der Waals surface area contributed by atoms with Crippen molar-refractivity contribution in [2.45, 2.75) is 50.3 Å². The van der Waals surface area contributed by atoms with Crippen LogP contribution in [0.15, 0.2) is 28.7 Å². The summed E-state index contributed by atoms with van der Waals surface area (Å²) in [5.74, 6) is 1.37. The van der Waals surface area contributed by atoms with E-state index in [1.807, 2.05) is 40.9 Å². The average molecular weight is 439 g/mol. The first-order valence-electron chi connectivity index (χ1n) is 9.55. The first-order valence-corrected chi connectivity index (χ1v) is 11.3. The number of nitrogens with zero attached hydrogens (tertiary/aromatic N) is 2. The predicted octanol–water partition coefficient (Wildman–Crippen LogP) is 4.54. The molecule has 2 aliphatic heterocycles. The summed E-state index contributed by atoms with van der Waals surface area (Å²) in [4.78, 5) is 29.4. The Morgan fingerprint density at radius 2 is 1.96 bits per heavy atom. The van der Waals surface area contributed by atoms with Crippen LogP contribution in [0.1, 0.15) is 55.8 Å². The van der Waals surface area contributed by atoms with Gasteiger partial charge in [-0.25, -0.2) is 0 Å². The number of halogens is 1. The van der Waals surface area contributed by atoms with E-state index in [-0.39, 0.29) is 16.7 Å². The first kappa shape index (κ1) is 19.7. The highest BCUT2D eigenvalue weighted by molar-refractivity contribution is 9.10. The summed E-state index contributed by atoms with van der Waals surface area (Å²) >= 11 is 5.35. The lowest BCUT2D eigenvalue weighted by Crippen LogP contribution is -2.53. The molecule has 1 aromatic carbocycles. The molecule has 1 spiro atoms. The number of piperidine rings is 1. The van der Waals surface area contributed by atoms with Gasteiger partial charge in [-0.15, -0.1) is 11.8 Å². The molecule has 2 amide bonds. The quantitative estimate of drug-likeness (QED) is 0.633. The lowest BCUT2D eigenvalue weighted by Gasteiger charge is -2.44. The van der Waals surface area contributed by atoms with E-state index in [1.54, 1.807) is 0 Å². The van der Waals surface area contributed by atoms with Gasteiger partial charge in [-0.1, -0.05) is 41.8 Å². The van der Waals surface area contributed by atoms with E-state index in [1.165, 1.54) is 0 Å². The Morgan fingerprint density at radius 3 is 2.65 bits per heavy atom. The second-order valence-corrected chi connectivity index (χ2v) is 9.47. The van der Waals surface area contributed by atoms with Crippen molar-refractivity contribution in [3.05, 3.63) is 34.3 Å². The molecular formula is C20H27BrN2O2S. The fraction of sp³-hybridized carbons (Fsp3) is 0.600. The molecular weight excluding hydrogens is 412 g/mol. The number of rotatable bonds is 5. The molecule has 2 saturated heterocycles. The zero-order valence-corrected chi connectivity index (χ0v) is 17.8. The van der Waals surface area contributed by atoms with Gasteiger partial charge < -0.3 is 9.80 Å². The number of unbranched alkanes of at least 4 members (excludes halogenated alkanes) is 2. The second-order valence-electron chi connectivity index (χ2n) is 7.10. The Bertz CT molecular complexity index is 659. The van der Waals surface area contributed by atoms with E-state index in [4.69, 9.17) is 0 Å². The molecule has 0 radical (unpaired) electrons. The van der Waals surface area contributed by atoms with Crippen LogP contribution in [0.2, 0.25) is 0 Å². The Balaban J connectivity index is 1.63. The highest BCUT2D eigenvalue weighted by Crippen LogP contribution is 2.44.